The maximum Gasteiger partial charge on any atom is 0.253 e. The van der Waals surface area contributed by atoms with Crippen molar-refractivity contribution in [2.75, 3.05) is 25.7 Å². The van der Waals surface area contributed by atoms with Crippen LogP contribution in [0.2, 0.25) is 0 Å². The highest BCUT2D eigenvalue weighted by atomic mass is 16.5. The summed E-state index contributed by atoms with van der Waals surface area (Å²) in [6, 6.07) is 14.7. The van der Waals surface area contributed by atoms with Crippen molar-refractivity contribution >= 4 is 28.3 Å². The lowest BCUT2D eigenvalue weighted by Crippen LogP contribution is -2.53. The number of methoxy groups -OCH3 is 1. The Morgan fingerprint density at radius 2 is 2.00 bits per heavy atom. The molecule has 0 radical (unpaired) electrons. The molecular weight excluding hydrogens is 430 g/mol. The van der Waals surface area contributed by atoms with Crippen molar-refractivity contribution < 1.29 is 19.1 Å². The number of para-hydroxylation sites is 1. The van der Waals surface area contributed by atoms with E-state index in [0.717, 1.165) is 27.5 Å². The molecule has 0 aromatic heterocycles. The fourth-order valence-corrected chi connectivity index (χ4v) is 4.28. The Labute approximate surface area is 200 Å². The first-order valence-corrected chi connectivity index (χ1v) is 11.4. The van der Waals surface area contributed by atoms with Crippen LogP contribution >= 0.6 is 0 Å². The monoisotopic (exact) mass is 461 g/mol. The first-order chi connectivity index (χ1) is 16.3. The van der Waals surface area contributed by atoms with Crippen LogP contribution in [0.1, 0.15) is 23.6 Å². The summed E-state index contributed by atoms with van der Waals surface area (Å²) in [6.45, 7) is 6.08. The molecule has 178 valence electrons. The Kier molecular flexibility index (Phi) is 6.75. The Bertz CT molecular complexity index is 1240. The lowest BCUT2D eigenvalue weighted by Gasteiger charge is -2.27. The van der Waals surface area contributed by atoms with Gasteiger partial charge in [-0.1, -0.05) is 42.0 Å². The molecule has 0 bridgehead atoms. The number of likely N-dealkylation sites (N-methyl/N-ethyl adjacent to an activating group) is 1. The number of nitrogens with zero attached hydrogens (tertiary/aromatic N) is 1. The van der Waals surface area contributed by atoms with E-state index in [-0.39, 0.29) is 25.0 Å². The highest BCUT2D eigenvalue weighted by Gasteiger charge is 2.34. The van der Waals surface area contributed by atoms with E-state index in [4.69, 9.17) is 9.47 Å². The lowest BCUT2D eigenvalue weighted by atomic mass is 10.0. The van der Waals surface area contributed by atoms with Gasteiger partial charge in [0, 0.05) is 5.56 Å². The van der Waals surface area contributed by atoms with Crippen molar-refractivity contribution in [2.45, 2.75) is 39.4 Å². The fraction of sp³-hybridized carbons (Fsp3) is 0.333. The molecule has 0 spiro atoms. The minimum atomic E-state index is -0.821. The van der Waals surface area contributed by atoms with Crippen LogP contribution in [0.4, 0.5) is 5.69 Å². The predicted molar refractivity (Wildman–Crippen MR) is 134 cm³/mol. The zero-order valence-corrected chi connectivity index (χ0v) is 20.3. The Morgan fingerprint density at radius 3 is 2.74 bits per heavy atom. The molecule has 7 heteroatoms. The second kappa shape index (κ2) is 9.73. The standard InChI is InChI=1S/C27H31N3O4/c1-16-9-11-20-19(13-16)10-12-24(33-5)21(20)14-30-23-8-6-7-17(2)25(23)34-15-22(27(30)32)29-26(31)18(3)28-4/h6-13,18,22,28H,14-15H2,1-5H3,(H,29,31). The van der Waals surface area contributed by atoms with Gasteiger partial charge in [0.1, 0.15) is 24.1 Å². The van der Waals surface area contributed by atoms with E-state index >= 15 is 0 Å². The molecule has 0 saturated carbocycles. The first kappa shape index (κ1) is 23.6. The van der Waals surface area contributed by atoms with E-state index in [2.05, 4.69) is 35.8 Å². The molecule has 1 aliphatic rings. The van der Waals surface area contributed by atoms with Gasteiger partial charge in [-0.05, 0) is 56.3 Å². The van der Waals surface area contributed by atoms with Crippen molar-refractivity contribution in [1.29, 1.82) is 0 Å². The topological polar surface area (TPSA) is 79.9 Å². The summed E-state index contributed by atoms with van der Waals surface area (Å²) >= 11 is 0. The number of ether oxygens (including phenoxy) is 2. The molecule has 4 rings (SSSR count). The molecule has 3 aromatic carbocycles. The van der Waals surface area contributed by atoms with Gasteiger partial charge in [0.05, 0.1) is 25.4 Å². The summed E-state index contributed by atoms with van der Waals surface area (Å²) in [5.41, 5.74) is 3.66. The molecule has 2 N–H and O–H groups in total. The second-order valence-electron chi connectivity index (χ2n) is 8.70. The quantitative estimate of drug-likeness (QED) is 0.588. The molecule has 0 saturated heterocycles. The average molecular weight is 462 g/mol. The third-order valence-electron chi connectivity index (χ3n) is 6.36. The highest BCUT2D eigenvalue weighted by Crippen LogP contribution is 2.38. The van der Waals surface area contributed by atoms with E-state index in [0.29, 0.717) is 17.2 Å². The molecule has 0 fully saturated rings. The Balaban J connectivity index is 1.80. The second-order valence-corrected chi connectivity index (χ2v) is 8.70. The number of carbonyl (C=O) groups is 2. The van der Waals surface area contributed by atoms with Crippen LogP contribution in [0.15, 0.2) is 48.5 Å². The number of anilines is 1. The smallest absolute Gasteiger partial charge is 0.253 e. The summed E-state index contributed by atoms with van der Waals surface area (Å²) in [7, 11) is 3.34. The molecule has 3 aromatic rings. The number of amides is 2. The van der Waals surface area contributed by atoms with Crippen LogP contribution in [0, 0.1) is 13.8 Å². The molecule has 1 aliphatic heterocycles. The van der Waals surface area contributed by atoms with Crippen LogP contribution in [0.3, 0.4) is 0 Å². The first-order valence-electron chi connectivity index (χ1n) is 11.4. The van der Waals surface area contributed by atoms with Gasteiger partial charge in [0.25, 0.3) is 5.91 Å². The third kappa shape index (κ3) is 4.43. The number of aryl methyl sites for hydroxylation is 2. The lowest BCUT2D eigenvalue weighted by molar-refractivity contribution is -0.129. The number of hydrogen-bond donors (Lipinski definition) is 2. The van der Waals surface area contributed by atoms with E-state index in [1.165, 1.54) is 0 Å². The maximum absolute atomic E-state index is 13.8. The van der Waals surface area contributed by atoms with Crippen LogP contribution in [0.25, 0.3) is 10.8 Å². The number of benzene rings is 3. The molecule has 2 amide bonds. The Morgan fingerprint density at radius 1 is 1.21 bits per heavy atom. The van der Waals surface area contributed by atoms with Crippen LogP contribution in [0.5, 0.6) is 11.5 Å². The molecule has 0 aliphatic carbocycles. The van der Waals surface area contributed by atoms with E-state index in [1.807, 2.05) is 37.3 Å². The largest absolute Gasteiger partial charge is 0.496 e. The SMILES string of the molecule is CNC(C)C(=O)NC1COc2c(C)cccc2N(Cc2c(OC)ccc3cc(C)ccc23)C1=O. The zero-order chi connectivity index (χ0) is 24.4. The van der Waals surface area contributed by atoms with Crippen molar-refractivity contribution in [3.8, 4) is 11.5 Å². The molecule has 2 unspecified atom stereocenters. The summed E-state index contributed by atoms with van der Waals surface area (Å²) in [5, 5.41) is 7.85. The van der Waals surface area contributed by atoms with Crippen molar-refractivity contribution in [1.82, 2.24) is 10.6 Å². The van der Waals surface area contributed by atoms with Gasteiger partial charge in [-0.2, -0.15) is 0 Å². The Hall–Kier alpha value is -3.58. The number of fused-ring (bicyclic) bond motifs is 2. The minimum Gasteiger partial charge on any atom is -0.496 e. The molecule has 34 heavy (non-hydrogen) atoms. The zero-order valence-electron chi connectivity index (χ0n) is 20.3. The molecule has 1 heterocycles. The van der Waals surface area contributed by atoms with Gasteiger partial charge in [0.2, 0.25) is 5.91 Å². The average Bonchev–Trinajstić information content (AvgIpc) is 2.96. The summed E-state index contributed by atoms with van der Waals surface area (Å²) in [5.74, 6) is 0.856. The highest BCUT2D eigenvalue weighted by molar-refractivity contribution is 6.02. The van der Waals surface area contributed by atoms with Gasteiger partial charge < -0.3 is 25.0 Å². The summed E-state index contributed by atoms with van der Waals surface area (Å²) in [6.07, 6.45) is 0. The van der Waals surface area contributed by atoms with Crippen LogP contribution in [-0.4, -0.2) is 44.7 Å². The molecule has 2 atom stereocenters. The van der Waals surface area contributed by atoms with Gasteiger partial charge >= 0.3 is 0 Å². The third-order valence-corrected chi connectivity index (χ3v) is 6.36. The van der Waals surface area contributed by atoms with Crippen molar-refractivity contribution in [3.05, 3.63) is 65.2 Å². The number of rotatable bonds is 6. The van der Waals surface area contributed by atoms with E-state index < -0.39 is 12.1 Å². The van der Waals surface area contributed by atoms with E-state index in [9.17, 15) is 9.59 Å². The normalized spacial score (nSPS) is 16.4. The molecular formula is C27H31N3O4. The van der Waals surface area contributed by atoms with Gasteiger partial charge in [0.15, 0.2) is 0 Å². The number of hydrogen-bond acceptors (Lipinski definition) is 5. The minimum absolute atomic E-state index is 0.0568. The number of nitrogens with one attached hydrogen (secondary N) is 2. The van der Waals surface area contributed by atoms with Gasteiger partial charge in [-0.25, -0.2) is 0 Å². The van der Waals surface area contributed by atoms with Crippen LogP contribution < -0.4 is 25.0 Å². The number of carbonyl (C=O) groups excluding carboxylic acids is 2. The van der Waals surface area contributed by atoms with Gasteiger partial charge in [-0.15, -0.1) is 0 Å². The fourth-order valence-electron chi connectivity index (χ4n) is 4.28. The molecule has 7 nitrogen and oxygen atoms in total. The summed E-state index contributed by atoms with van der Waals surface area (Å²) in [4.78, 5) is 28.1. The van der Waals surface area contributed by atoms with Crippen molar-refractivity contribution in [3.63, 3.8) is 0 Å². The predicted octanol–water partition coefficient (Wildman–Crippen LogP) is 3.48. The van der Waals surface area contributed by atoms with Gasteiger partial charge in [-0.3, -0.25) is 9.59 Å². The summed E-state index contributed by atoms with van der Waals surface area (Å²) < 4.78 is 11.8. The van der Waals surface area contributed by atoms with Crippen molar-refractivity contribution in [2.24, 2.45) is 0 Å². The van der Waals surface area contributed by atoms with E-state index in [1.54, 1.807) is 26.0 Å². The van der Waals surface area contributed by atoms with Crippen LogP contribution in [-0.2, 0) is 16.1 Å². The maximum atomic E-state index is 13.8.